The number of carbonyl (C=O) groups is 2. The molecule has 0 aliphatic carbocycles. The van der Waals surface area contributed by atoms with Crippen molar-refractivity contribution in [2.75, 3.05) is 6.54 Å². The molecular formula is C14H16Cl2N2O3. The van der Waals surface area contributed by atoms with E-state index in [0.29, 0.717) is 32.2 Å². The zero-order valence-corrected chi connectivity index (χ0v) is 13.1. The number of halogens is 2. The van der Waals surface area contributed by atoms with Crippen LogP contribution in [0, 0.1) is 0 Å². The van der Waals surface area contributed by atoms with Crippen LogP contribution in [0.3, 0.4) is 0 Å². The Bertz CT molecular complexity index is 579. The molecule has 1 atom stereocenters. The Kier molecular flexibility index (Phi) is 4.74. The first kappa shape index (κ1) is 16.0. The highest BCUT2D eigenvalue weighted by atomic mass is 35.5. The fourth-order valence-electron chi connectivity index (χ4n) is 2.96. The molecule has 1 aromatic heterocycles. The van der Waals surface area contributed by atoms with E-state index in [-0.39, 0.29) is 21.5 Å². The Labute approximate surface area is 132 Å². The van der Waals surface area contributed by atoms with Gasteiger partial charge in [0.25, 0.3) is 0 Å². The minimum Gasteiger partial charge on any atom is -0.465 e. The van der Waals surface area contributed by atoms with Gasteiger partial charge in [-0.25, -0.2) is 4.79 Å². The lowest BCUT2D eigenvalue weighted by Gasteiger charge is -2.35. The molecule has 0 radical (unpaired) electrons. The molecule has 7 heteroatoms. The van der Waals surface area contributed by atoms with E-state index in [4.69, 9.17) is 23.2 Å². The van der Waals surface area contributed by atoms with Gasteiger partial charge in [0, 0.05) is 12.7 Å². The second-order valence-electron chi connectivity index (χ2n) is 5.13. The molecule has 0 aromatic carbocycles. The van der Waals surface area contributed by atoms with Gasteiger partial charge in [-0.2, -0.15) is 0 Å². The summed E-state index contributed by atoms with van der Waals surface area (Å²) in [5.41, 5.74) is -0.879. The van der Waals surface area contributed by atoms with E-state index >= 15 is 0 Å². The standard InChI is InChI=1S/C14H16Cl2N2O3/c1-2-4-14(5-3-6-18(14)13(20)21)12(19)11-7-9(15)10(16)8-17-11/h7-8H,2-6H2,1H3,(H,20,21). The lowest BCUT2D eigenvalue weighted by molar-refractivity contribution is 0.0611. The lowest BCUT2D eigenvalue weighted by atomic mass is 9.84. The minimum atomic E-state index is -1.07. The predicted octanol–water partition coefficient (Wildman–Crippen LogP) is 3.88. The number of nitrogens with zero attached hydrogens (tertiary/aromatic N) is 2. The SMILES string of the molecule is CCCC1(C(=O)c2cc(Cl)c(Cl)cn2)CCCN1C(=O)O. The zero-order chi connectivity index (χ0) is 15.6. The third kappa shape index (κ3) is 2.85. The maximum Gasteiger partial charge on any atom is 0.408 e. The number of carbonyl (C=O) groups excluding carboxylic acids is 1. The highest BCUT2D eigenvalue weighted by Gasteiger charge is 2.49. The van der Waals surface area contributed by atoms with Gasteiger partial charge in [0.1, 0.15) is 11.2 Å². The van der Waals surface area contributed by atoms with Gasteiger partial charge in [-0.15, -0.1) is 0 Å². The Morgan fingerprint density at radius 1 is 1.43 bits per heavy atom. The first-order valence-corrected chi connectivity index (χ1v) is 7.54. The Morgan fingerprint density at radius 2 is 2.14 bits per heavy atom. The number of ketones is 1. The van der Waals surface area contributed by atoms with Crippen molar-refractivity contribution in [3.8, 4) is 0 Å². The van der Waals surface area contributed by atoms with Crippen LogP contribution in [0.4, 0.5) is 4.79 Å². The molecule has 1 fully saturated rings. The average molecular weight is 331 g/mol. The van der Waals surface area contributed by atoms with Crippen molar-refractivity contribution in [2.24, 2.45) is 0 Å². The van der Waals surface area contributed by atoms with Crippen molar-refractivity contribution in [1.82, 2.24) is 9.88 Å². The van der Waals surface area contributed by atoms with Crippen molar-refractivity contribution in [3.63, 3.8) is 0 Å². The third-order valence-electron chi connectivity index (χ3n) is 3.85. The van der Waals surface area contributed by atoms with E-state index in [1.165, 1.54) is 17.2 Å². The minimum absolute atomic E-state index is 0.158. The zero-order valence-electron chi connectivity index (χ0n) is 11.6. The molecule has 1 aromatic rings. The number of hydrogen-bond donors (Lipinski definition) is 1. The van der Waals surface area contributed by atoms with Crippen LogP contribution in [0.15, 0.2) is 12.3 Å². The molecule has 1 N–H and O–H groups in total. The summed E-state index contributed by atoms with van der Waals surface area (Å²) in [5, 5.41) is 9.88. The fraction of sp³-hybridized carbons (Fsp3) is 0.500. The van der Waals surface area contributed by atoms with E-state index in [1.54, 1.807) is 0 Å². The van der Waals surface area contributed by atoms with Crippen LogP contribution in [-0.2, 0) is 0 Å². The largest absolute Gasteiger partial charge is 0.465 e. The molecule has 1 aliphatic rings. The van der Waals surface area contributed by atoms with E-state index in [0.717, 1.165) is 0 Å². The first-order valence-electron chi connectivity index (χ1n) is 6.79. The second-order valence-corrected chi connectivity index (χ2v) is 5.95. The molecule has 2 rings (SSSR count). The summed E-state index contributed by atoms with van der Waals surface area (Å²) in [7, 11) is 0. The van der Waals surface area contributed by atoms with E-state index in [2.05, 4.69) is 4.98 Å². The van der Waals surface area contributed by atoms with Gasteiger partial charge in [0.2, 0.25) is 5.78 Å². The number of hydrogen-bond acceptors (Lipinski definition) is 3. The number of amides is 1. The van der Waals surface area contributed by atoms with Gasteiger partial charge in [-0.05, 0) is 25.3 Å². The number of aromatic nitrogens is 1. The van der Waals surface area contributed by atoms with E-state index < -0.39 is 11.6 Å². The smallest absolute Gasteiger partial charge is 0.408 e. The van der Waals surface area contributed by atoms with Crippen molar-refractivity contribution in [3.05, 3.63) is 28.0 Å². The molecule has 0 spiro atoms. The fourth-order valence-corrected chi connectivity index (χ4v) is 3.21. The van der Waals surface area contributed by atoms with Gasteiger partial charge in [0.05, 0.1) is 10.0 Å². The van der Waals surface area contributed by atoms with Crippen LogP contribution in [0.25, 0.3) is 0 Å². The Morgan fingerprint density at radius 3 is 2.71 bits per heavy atom. The summed E-state index contributed by atoms with van der Waals surface area (Å²) in [6, 6.07) is 1.40. The van der Waals surface area contributed by atoms with Crippen LogP contribution in [0.5, 0.6) is 0 Å². The quantitative estimate of drug-likeness (QED) is 0.850. The molecule has 114 valence electrons. The molecule has 1 unspecified atom stereocenters. The first-order chi connectivity index (χ1) is 9.92. The lowest BCUT2D eigenvalue weighted by Crippen LogP contribution is -2.52. The van der Waals surface area contributed by atoms with Gasteiger partial charge in [-0.1, -0.05) is 36.5 Å². The molecule has 1 amide bonds. The van der Waals surface area contributed by atoms with Gasteiger partial charge >= 0.3 is 6.09 Å². The summed E-state index contributed by atoms with van der Waals surface area (Å²) in [6.07, 6.45) is 2.59. The number of likely N-dealkylation sites (tertiary alicyclic amines) is 1. The number of Topliss-reactive ketones (excluding diaryl/α,β-unsaturated/α-hetero) is 1. The van der Waals surface area contributed by atoms with Crippen LogP contribution in [0.2, 0.25) is 10.0 Å². The average Bonchev–Trinajstić information content (AvgIpc) is 2.86. The van der Waals surface area contributed by atoms with Crippen molar-refractivity contribution in [2.45, 2.75) is 38.1 Å². The monoisotopic (exact) mass is 330 g/mol. The molecule has 0 bridgehead atoms. The summed E-state index contributed by atoms with van der Waals surface area (Å²) in [6.45, 7) is 2.29. The van der Waals surface area contributed by atoms with Crippen molar-refractivity contribution in [1.29, 1.82) is 0 Å². The third-order valence-corrected chi connectivity index (χ3v) is 4.56. The number of pyridine rings is 1. The van der Waals surface area contributed by atoms with Gasteiger partial charge in [0.15, 0.2) is 0 Å². The molecule has 5 nitrogen and oxygen atoms in total. The molecule has 1 saturated heterocycles. The van der Waals surface area contributed by atoms with Crippen LogP contribution in [-0.4, -0.2) is 39.0 Å². The van der Waals surface area contributed by atoms with Gasteiger partial charge < -0.3 is 5.11 Å². The highest BCUT2D eigenvalue weighted by molar-refractivity contribution is 6.42. The predicted molar refractivity (Wildman–Crippen MR) is 80.2 cm³/mol. The second kappa shape index (κ2) is 6.20. The molecule has 21 heavy (non-hydrogen) atoms. The highest BCUT2D eigenvalue weighted by Crippen LogP contribution is 2.37. The maximum absolute atomic E-state index is 12.9. The Hall–Kier alpha value is -1.33. The molecule has 2 heterocycles. The number of rotatable bonds is 4. The molecular weight excluding hydrogens is 315 g/mol. The summed E-state index contributed by atoms with van der Waals surface area (Å²) < 4.78 is 0. The van der Waals surface area contributed by atoms with E-state index in [1.807, 2.05) is 6.92 Å². The normalized spacial score (nSPS) is 21.6. The Balaban J connectivity index is 2.44. The summed E-state index contributed by atoms with van der Waals surface area (Å²) >= 11 is 11.7. The van der Waals surface area contributed by atoms with E-state index in [9.17, 15) is 14.7 Å². The molecule has 0 saturated carbocycles. The van der Waals surface area contributed by atoms with Gasteiger partial charge in [-0.3, -0.25) is 14.7 Å². The molecule has 1 aliphatic heterocycles. The number of carboxylic acid groups (broad SMARTS) is 1. The summed E-state index contributed by atoms with van der Waals surface area (Å²) in [4.78, 5) is 29.6. The van der Waals surface area contributed by atoms with Crippen LogP contribution < -0.4 is 0 Å². The van der Waals surface area contributed by atoms with Crippen LogP contribution >= 0.6 is 23.2 Å². The van der Waals surface area contributed by atoms with Crippen LogP contribution in [0.1, 0.15) is 43.1 Å². The van der Waals surface area contributed by atoms with Crippen molar-refractivity contribution < 1.29 is 14.7 Å². The van der Waals surface area contributed by atoms with Crippen molar-refractivity contribution >= 4 is 35.1 Å². The summed E-state index contributed by atoms with van der Waals surface area (Å²) in [5.74, 6) is -0.303. The topological polar surface area (TPSA) is 70.5 Å². The maximum atomic E-state index is 12.9.